The summed E-state index contributed by atoms with van der Waals surface area (Å²) in [4.78, 5) is 11.1. The minimum absolute atomic E-state index is 0.139. The number of carbonyl (C=O) groups is 1. The maximum absolute atomic E-state index is 11.1. The normalized spacial score (nSPS) is 33.2. The minimum Gasteiger partial charge on any atom is -0.321 e. The Morgan fingerprint density at radius 1 is 1.67 bits per heavy atom. The fraction of sp³-hybridized carbons (Fsp3) is 0.857. The molecule has 2 heteroatoms. The predicted octanol–water partition coefficient (Wildman–Crippen LogP) is 0.703. The van der Waals surface area contributed by atoms with Crippen LogP contribution >= 0.6 is 0 Å². The van der Waals surface area contributed by atoms with Gasteiger partial charge in [-0.1, -0.05) is 13.8 Å². The van der Waals surface area contributed by atoms with Crippen molar-refractivity contribution in [2.24, 2.45) is 11.1 Å². The number of hydrogen-bond donors (Lipinski definition) is 1. The lowest BCUT2D eigenvalue weighted by atomic mass is 9.90. The second kappa shape index (κ2) is 1.81. The molecule has 2 N–H and O–H groups in total. The molecule has 9 heavy (non-hydrogen) atoms. The van der Waals surface area contributed by atoms with Crippen molar-refractivity contribution in [1.29, 1.82) is 0 Å². The van der Waals surface area contributed by atoms with E-state index in [0.29, 0.717) is 0 Å². The molecule has 1 atom stereocenters. The number of hydrogen-bond acceptors (Lipinski definition) is 2. The van der Waals surface area contributed by atoms with Gasteiger partial charge in [0.2, 0.25) is 0 Å². The van der Waals surface area contributed by atoms with Crippen LogP contribution in [-0.2, 0) is 4.79 Å². The van der Waals surface area contributed by atoms with E-state index >= 15 is 0 Å². The maximum atomic E-state index is 11.1. The molecule has 0 aromatic carbocycles. The summed E-state index contributed by atoms with van der Waals surface area (Å²) in [7, 11) is 0. The Morgan fingerprint density at radius 3 is 2.33 bits per heavy atom. The molecule has 0 spiro atoms. The van der Waals surface area contributed by atoms with Crippen LogP contribution in [0.3, 0.4) is 0 Å². The van der Waals surface area contributed by atoms with E-state index < -0.39 is 0 Å². The molecule has 1 fully saturated rings. The molecule has 0 aliphatic heterocycles. The summed E-state index contributed by atoms with van der Waals surface area (Å²) in [5.41, 5.74) is 5.36. The van der Waals surface area contributed by atoms with Crippen molar-refractivity contribution in [3.05, 3.63) is 0 Å². The van der Waals surface area contributed by atoms with Crippen molar-refractivity contribution in [2.75, 3.05) is 0 Å². The van der Waals surface area contributed by atoms with Gasteiger partial charge in [-0.3, -0.25) is 4.79 Å². The summed E-state index contributed by atoms with van der Waals surface area (Å²) in [5.74, 6) is 0.225. The fourth-order valence-corrected chi connectivity index (χ4v) is 1.27. The van der Waals surface area contributed by atoms with E-state index in [4.69, 9.17) is 5.73 Å². The largest absolute Gasteiger partial charge is 0.321 e. The highest BCUT2D eigenvalue weighted by Gasteiger charge is 2.37. The molecule has 1 unspecified atom stereocenters. The van der Waals surface area contributed by atoms with Crippen LogP contribution in [0.15, 0.2) is 0 Å². The van der Waals surface area contributed by atoms with Crippen LogP contribution in [0.2, 0.25) is 0 Å². The van der Waals surface area contributed by atoms with Gasteiger partial charge < -0.3 is 5.73 Å². The highest BCUT2D eigenvalue weighted by molar-refractivity contribution is 5.90. The molecule has 2 nitrogen and oxygen atoms in total. The van der Waals surface area contributed by atoms with Gasteiger partial charge in [-0.15, -0.1) is 0 Å². The lowest BCUT2D eigenvalue weighted by molar-refractivity contribution is -0.125. The Hall–Kier alpha value is -0.370. The van der Waals surface area contributed by atoms with Crippen LogP contribution in [0.4, 0.5) is 0 Å². The van der Waals surface area contributed by atoms with E-state index in [-0.39, 0.29) is 17.2 Å². The Labute approximate surface area is 55.4 Å². The molecule has 1 rings (SSSR count). The van der Waals surface area contributed by atoms with Crippen molar-refractivity contribution in [2.45, 2.75) is 32.7 Å². The molecule has 1 aliphatic rings. The fourth-order valence-electron chi connectivity index (χ4n) is 1.27. The van der Waals surface area contributed by atoms with Crippen molar-refractivity contribution >= 4 is 5.78 Å². The quantitative estimate of drug-likeness (QED) is 0.520. The van der Waals surface area contributed by atoms with Gasteiger partial charge in [0.15, 0.2) is 5.78 Å². The van der Waals surface area contributed by atoms with E-state index in [1.54, 1.807) is 0 Å². The molecule has 52 valence electrons. The van der Waals surface area contributed by atoms with E-state index in [0.717, 1.165) is 12.8 Å². The van der Waals surface area contributed by atoms with E-state index in [1.807, 2.05) is 13.8 Å². The summed E-state index contributed by atoms with van der Waals surface area (Å²) in [6, 6.07) is -0.181. The van der Waals surface area contributed by atoms with E-state index in [9.17, 15) is 4.79 Å². The molecule has 0 amide bonds. The topological polar surface area (TPSA) is 43.1 Å². The van der Waals surface area contributed by atoms with Gasteiger partial charge in [0, 0.05) is 5.41 Å². The summed E-state index contributed by atoms with van der Waals surface area (Å²) < 4.78 is 0. The third-order valence-corrected chi connectivity index (χ3v) is 2.08. The van der Waals surface area contributed by atoms with Crippen LogP contribution in [0.5, 0.6) is 0 Å². The standard InChI is InChI=1S/C7H13NO/c1-7(2)4-3-5(8)6(7)9/h5H,3-4,8H2,1-2H3. The van der Waals surface area contributed by atoms with Gasteiger partial charge in [-0.05, 0) is 12.8 Å². The zero-order valence-electron chi connectivity index (χ0n) is 5.98. The first-order valence-corrected chi connectivity index (χ1v) is 3.34. The molecule has 0 radical (unpaired) electrons. The van der Waals surface area contributed by atoms with Gasteiger partial charge in [0.05, 0.1) is 6.04 Å². The Bertz CT molecular complexity index is 140. The lowest BCUT2D eigenvalue weighted by Gasteiger charge is -2.13. The highest BCUT2D eigenvalue weighted by Crippen LogP contribution is 2.32. The molecule has 1 saturated carbocycles. The Kier molecular flexibility index (Phi) is 1.35. The molecular formula is C7H13NO. The Balaban J connectivity index is 2.74. The predicted molar refractivity (Wildman–Crippen MR) is 36.0 cm³/mol. The van der Waals surface area contributed by atoms with Gasteiger partial charge in [-0.25, -0.2) is 0 Å². The van der Waals surface area contributed by atoms with Gasteiger partial charge in [-0.2, -0.15) is 0 Å². The van der Waals surface area contributed by atoms with Crippen molar-refractivity contribution in [1.82, 2.24) is 0 Å². The monoisotopic (exact) mass is 127 g/mol. The number of Topliss-reactive ketones (excluding diaryl/α,β-unsaturated/α-hetero) is 1. The van der Waals surface area contributed by atoms with Crippen molar-refractivity contribution in [3.8, 4) is 0 Å². The third-order valence-electron chi connectivity index (χ3n) is 2.08. The van der Waals surface area contributed by atoms with Crippen molar-refractivity contribution < 1.29 is 4.79 Å². The van der Waals surface area contributed by atoms with Gasteiger partial charge in [0.1, 0.15) is 0 Å². The first-order valence-electron chi connectivity index (χ1n) is 3.34. The summed E-state index contributed by atoms with van der Waals surface area (Å²) >= 11 is 0. The zero-order chi connectivity index (χ0) is 7.07. The molecular weight excluding hydrogens is 114 g/mol. The van der Waals surface area contributed by atoms with Gasteiger partial charge in [0.25, 0.3) is 0 Å². The zero-order valence-corrected chi connectivity index (χ0v) is 5.98. The lowest BCUT2D eigenvalue weighted by Crippen LogP contribution is -2.31. The first-order chi connectivity index (χ1) is 4.04. The maximum Gasteiger partial charge on any atom is 0.155 e. The summed E-state index contributed by atoms with van der Waals surface area (Å²) in [6.45, 7) is 3.92. The second-order valence-corrected chi connectivity index (χ2v) is 3.39. The smallest absolute Gasteiger partial charge is 0.155 e. The molecule has 1 aliphatic carbocycles. The highest BCUT2D eigenvalue weighted by atomic mass is 16.1. The molecule has 0 heterocycles. The van der Waals surface area contributed by atoms with Crippen molar-refractivity contribution in [3.63, 3.8) is 0 Å². The number of nitrogens with two attached hydrogens (primary N) is 1. The number of ketones is 1. The molecule has 0 aromatic heterocycles. The number of carbonyl (C=O) groups excluding carboxylic acids is 1. The number of rotatable bonds is 0. The second-order valence-electron chi connectivity index (χ2n) is 3.39. The van der Waals surface area contributed by atoms with Crippen LogP contribution < -0.4 is 5.73 Å². The van der Waals surface area contributed by atoms with Gasteiger partial charge >= 0.3 is 0 Å². The molecule has 0 aromatic rings. The average molecular weight is 127 g/mol. The minimum atomic E-state index is -0.181. The van der Waals surface area contributed by atoms with Crippen LogP contribution in [-0.4, -0.2) is 11.8 Å². The van der Waals surface area contributed by atoms with E-state index in [1.165, 1.54) is 0 Å². The third kappa shape index (κ3) is 0.990. The van der Waals surface area contributed by atoms with Crippen LogP contribution in [0.1, 0.15) is 26.7 Å². The first kappa shape index (κ1) is 6.75. The van der Waals surface area contributed by atoms with Crippen LogP contribution in [0, 0.1) is 5.41 Å². The molecule has 0 saturated heterocycles. The van der Waals surface area contributed by atoms with Crippen LogP contribution in [0.25, 0.3) is 0 Å². The summed E-state index contributed by atoms with van der Waals surface area (Å²) in [5, 5.41) is 0. The van der Waals surface area contributed by atoms with E-state index in [2.05, 4.69) is 0 Å². The molecule has 0 bridgehead atoms. The average Bonchev–Trinajstić information content (AvgIpc) is 1.97. The SMILES string of the molecule is CC1(C)CCC(N)C1=O. The summed E-state index contributed by atoms with van der Waals surface area (Å²) in [6.07, 6.45) is 1.82. The Morgan fingerprint density at radius 2 is 2.22 bits per heavy atom.